The number of hydrogen-bond acceptors (Lipinski definition) is 6. The van der Waals surface area contributed by atoms with Crippen molar-refractivity contribution in [1.82, 2.24) is 15.0 Å². The fourth-order valence-corrected chi connectivity index (χ4v) is 2.44. The highest BCUT2D eigenvalue weighted by Crippen LogP contribution is 2.28. The van der Waals surface area contributed by atoms with Crippen molar-refractivity contribution in [3.8, 4) is 0 Å². The molecule has 1 aromatic heterocycles. The predicted octanol–water partition coefficient (Wildman–Crippen LogP) is 0.556. The summed E-state index contributed by atoms with van der Waals surface area (Å²) in [6.45, 7) is 2.92. The third-order valence-corrected chi connectivity index (χ3v) is 3.69. The van der Waals surface area contributed by atoms with Crippen LogP contribution in [0, 0.1) is 0 Å². The van der Waals surface area contributed by atoms with Crippen molar-refractivity contribution < 1.29 is 9.59 Å². The Labute approximate surface area is 121 Å². The first-order valence-corrected chi connectivity index (χ1v) is 7.45. The molecule has 0 radical (unpaired) electrons. The summed E-state index contributed by atoms with van der Waals surface area (Å²) in [5.41, 5.74) is 6.12. The number of nitrogens with one attached hydrogen (secondary N) is 3. The molecule has 0 bridgehead atoms. The van der Waals surface area contributed by atoms with Gasteiger partial charge in [-0.25, -0.2) is 0 Å². The molecule has 2 amide bonds. The lowest BCUT2D eigenvalue weighted by Gasteiger charge is -2.07. The molecule has 0 unspecified atom stereocenters. The Bertz CT molecular complexity index is 498. The quantitative estimate of drug-likeness (QED) is 0.588. The van der Waals surface area contributed by atoms with E-state index in [-0.39, 0.29) is 23.7 Å². The Balaban J connectivity index is 1.90. The van der Waals surface area contributed by atoms with E-state index in [0.717, 1.165) is 24.4 Å². The van der Waals surface area contributed by atoms with Crippen molar-refractivity contribution in [1.29, 1.82) is 0 Å². The Morgan fingerprint density at radius 3 is 2.85 bits per heavy atom. The summed E-state index contributed by atoms with van der Waals surface area (Å²) in [4.78, 5) is 23.4. The Hall–Kier alpha value is -1.83. The number of nitrogens with two attached hydrogens (primary N) is 1. The van der Waals surface area contributed by atoms with Gasteiger partial charge in [0.1, 0.15) is 10.6 Å². The first-order chi connectivity index (χ1) is 9.61. The van der Waals surface area contributed by atoms with Crippen molar-refractivity contribution in [3.63, 3.8) is 0 Å². The summed E-state index contributed by atoms with van der Waals surface area (Å²) in [6, 6.07) is 0.269. The second kappa shape index (κ2) is 6.56. The Kier molecular flexibility index (Phi) is 4.78. The molecule has 0 spiro atoms. The molecule has 2 rings (SSSR count). The van der Waals surface area contributed by atoms with Gasteiger partial charge in [-0.1, -0.05) is 0 Å². The Morgan fingerprint density at radius 1 is 1.45 bits per heavy atom. The summed E-state index contributed by atoms with van der Waals surface area (Å²) in [5.74, 6) is 0.00869. The van der Waals surface area contributed by atoms with Gasteiger partial charge in [0.2, 0.25) is 5.91 Å². The third kappa shape index (κ3) is 3.83. The van der Waals surface area contributed by atoms with Gasteiger partial charge in [0.25, 0.3) is 5.91 Å². The summed E-state index contributed by atoms with van der Waals surface area (Å²) < 4.78 is 3.99. The molecule has 1 heterocycles. The highest BCUT2D eigenvalue weighted by atomic mass is 32.1. The van der Waals surface area contributed by atoms with Crippen LogP contribution in [0.15, 0.2) is 0 Å². The SMILES string of the molecule is CCNC(=O)CCNc1snc(N)c1C(=O)NC1CC1. The van der Waals surface area contributed by atoms with Crippen LogP contribution < -0.4 is 21.7 Å². The smallest absolute Gasteiger partial charge is 0.258 e. The Morgan fingerprint density at radius 2 is 2.20 bits per heavy atom. The summed E-state index contributed by atoms with van der Waals surface area (Å²) >= 11 is 1.14. The fourth-order valence-electron chi connectivity index (χ4n) is 1.70. The second-order valence-corrected chi connectivity index (χ2v) is 5.42. The number of anilines is 2. The van der Waals surface area contributed by atoms with Crippen molar-refractivity contribution in [2.75, 3.05) is 24.1 Å². The molecule has 1 aliphatic carbocycles. The van der Waals surface area contributed by atoms with Crippen LogP contribution in [0.2, 0.25) is 0 Å². The number of nitrogens with zero attached hydrogens (tertiary/aromatic N) is 1. The predicted molar refractivity (Wildman–Crippen MR) is 78.8 cm³/mol. The number of carbonyl (C=O) groups is 2. The van der Waals surface area contributed by atoms with Crippen molar-refractivity contribution in [3.05, 3.63) is 5.56 Å². The van der Waals surface area contributed by atoms with E-state index in [1.807, 2.05) is 6.92 Å². The lowest BCUT2D eigenvalue weighted by molar-refractivity contribution is -0.120. The van der Waals surface area contributed by atoms with Gasteiger partial charge in [-0.15, -0.1) is 0 Å². The molecule has 20 heavy (non-hydrogen) atoms. The first-order valence-electron chi connectivity index (χ1n) is 6.68. The number of rotatable bonds is 7. The van der Waals surface area contributed by atoms with Gasteiger partial charge in [-0.05, 0) is 31.3 Å². The van der Waals surface area contributed by atoms with Crippen LogP contribution in [0.5, 0.6) is 0 Å². The molecule has 1 aromatic rings. The minimum atomic E-state index is -0.195. The van der Waals surface area contributed by atoms with E-state index < -0.39 is 0 Å². The molecule has 0 aliphatic heterocycles. The van der Waals surface area contributed by atoms with Crippen LogP contribution in [-0.4, -0.2) is 35.3 Å². The van der Waals surface area contributed by atoms with Gasteiger partial charge in [0, 0.05) is 25.6 Å². The number of carbonyl (C=O) groups excluding carboxylic acids is 2. The van der Waals surface area contributed by atoms with Crippen LogP contribution in [0.25, 0.3) is 0 Å². The molecular weight excluding hydrogens is 278 g/mol. The lowest BCUT2D eigenvalue weighted by Crippen LogP contribution is -2.27. The zero-order valence-electron chi connectivity index (χ0n) is 11.4. The largest absolute Gasteiger partial charge is 0.382 e. The molecule has 0 saturated heterocycles. The molecule has 7 nitrogen and oxygen atoms in total. The average molecular weight is 297 g/mol. The second-order valence-electron chi connectivity index (χ2n) is 4.65. The highest BCUT2D eigenvalue weighted by Gasteiger charge is 2.27. The number of hydrogen-bond donors (Lipinski definition) is 4. The zero-order chi connectivity index (χ0) is 14.5. The van der Waals surface area contributed by atoms with E-state index in [4.69, 9.17) is 5.73 Å². The monoisotopic (exact) mass is 297 g/mol. The molecule has 1 saturated carbocycles. The maximum absolute atomic E-state index is 12.1. The highest BCUT2D eigenvalue weighted by molar-refractivity contribution is 7.11. The minimum Gasteiger partial charge on any atom is -0.382 e. The summed E-state index contributed by atoms with van der Waals surface area (Å²) in [5, 5.41) is 9.27. The molecule has 1 aliphatic rings. The van der Waals surface area contributed by atoms with Gasteiger partial charge in [-0.2, -0.15) is 4.37 Å². The molecule has 110 valence electrons. The fraction of sp³-hybridized carbons (Fsp3) is 0.583. The molecule has 8 heteroatoms. The molecule has 0 aromatic carbocycles. The van der Waals surface area contributed by atoms with E-state index in [1.165, 1.54) is 0 Å². The van der Waals surface area contributed by atoms with Gasteiger partial charge < -0.3 is 21.7 Å². The molecule has 5 N–H and O–H groups in total. The van der Waals surface area contributed by atoms with Gasteiger partial charge in [0.05, 0.1) is 0 Å². The van der Waals surface area contributed by atoms with Gasteiger partial charge in [-0.3, -0.25) is 9.59 Å². The van der Waals surface area contributed by atoms with E-state index >= 15 is 0 Å². The van der Waals surface area contributed by atoms with Crippen LogP contribution >= 0.6 is 11.5 Å². The summed E-state index contributed by atoms with van der Waals surface area (Å²) in [7, 11) is 0. The van der Waals surface area contributed by atoms with E-state index in [2.05, 4.69) is 20.3 Å². The van der Waals surface area contributed by atoms with Gasteiger partial charge in [0.15, 0.2) is 5.82 Å². The van der Waals surface area contributed by atoms with Crippen molar-refractivity contribution in [2.24, 2.45) is 0 Å². The minimum absolute atomic E-state index is 0.0264. The van der Waals surface area contributed by atoms with Crippen LogP contribution in [0.1, 0.15) is 36.5 Å². The molecule has 1 fully saturated rings. The normalized spacial score (nSPS) is 13.8. The van der Waals surface area contributed by atoms with Crippen LogP contribution in [-0.2, 0) is 4.79 Å². The molecule has 0 atom stereocenters. The van der Waals surface area contributed by atoms with Crippen molar-refractivity contribution in [2.45, 2.75) is 32.2 Å². The standard InChI is InChI=1S/C12H19N5O2S/c1-2-14-8(18)5-6-15-12-9(10(13)17-20-12)11(19)16-7-3-4-7/h7,15H,2-6H2,1H3,(H2,13,17)(H,14,18)(H,16,19). The van der Waals surface area contributed by atoms with Crippen molar-refractivity contribution >= 4 is 34.2 Å². The third-order valence-electron chi connectivity index (χ3n) is 2.87. The van der Waals surface area contributed by atoms with Crippen LogP contribution in [0.3, 0.4) is 0 Å². The number of nitrogen functional groups attached to an aromatic ring is 1. The van der Waals surface area contributed by atoms with Crippen LogP contribution in [0.4, 0.5) is 10.8 Å². The summed E-state index contributed by atoms with van der Waals surface area (Å²) in [6.07, 6.45) is 2.38. The number of aromatic nitrogens is 1. The van der Waals surface area contributed by atoms with Gasteiger partial charge >= 0.3 is 0 Å². The zero-order valence-corrected chi connectivity index (χ0v) is 12.2. The number of amides is 2. The van der Waals surface area contributed by atoms with E-state index in [9.17, 15) is 9.59 Å². The van der Waals surface area contributed by atoms with E-state index in [1.54, 1.807) is 0 Å². The maximum Gasteiger partial charge on any atom is 0.258 e. The topological polar surface area (TPSA) is 109 Å². The first kappa shape index (κ1) is 14.6. The molecular formula is C12H19N5O2S. The van der Waals surface area contributed by atoms with E-state index in [0.29, 0.717) is 30.1 Å². The lowest BCUT2D eigenvalue weighted by atomic mass is 10.2. The average Bonchev–Trinajstić information content (AvgIpc) is 3.12. The maximum atomic E-state index is 12.1.